The monoisotopic (exact) mass is 382 g/mol. The summed E-state index contributed by atoms with van der Waals surface area (Å²) in [5.41, 5.74) is 0.659. The molecule has 1 unspecified atom stereocenters. The van der Waals surface area contributed by atoms with Crippen molar-refractivity contribution in [3.63, 3.8) is 0 Å². The number of ether oxygens (including phenoxy) is 1. The molecule has 0 spiro atoms. The van der Waals surface area contributed by atoms with Gasteiger partial charge in [0, 0.05) is 52.5 Å². The lowest BCUT2D eigenvalue weighted by Gasteiger charge is -2.19. The van der Waals surface area contributed by atoms with Gasteiger partial charge in [-0.1, -0.05) is 0 Å². The second-order valence-corrected chi connectivity index (χ2v) is 7.47. The van der Waals surface area contributed by atoms with Gasteiger partial charge in [-0.15, -0.1) is 0 Å². The molecule has 4 heterocycles. The van der Waals surface area contributed by atoms with Crippen LogP contribution in [0.15, 0.2) is 30.6 Å². The average Bonchev–Trinajstić information content (AvgIpc) is 3.40. The summed E-state index contributed by atoms with van der Waals surface area (Å²) in [5, 5.41) is 0. The number of hydrogen-bond acceptors (Lipinski definition) is 7. The van der Waals surface area contributed by atoms with Crippen LogP contribution in [0.3, 0.4) is 0 Å². The molecule has 2 aromatic rings. The van der Waals surface area contributed by atoms with Crippen molar-refractivity contribution >= 4 is 17.5 Å². The lowest BCUT2D eigenvalue weighted by molar-refractivity contribution is 0.0792. The summed E-state index contributed by atoms with van der Waals surface area (Å²) >= 11 is 0. The molecule has 0 aromatic carbocycles. The largest absolute Gasteiger partial charge is 0.458 e. The smallest absolute Gasteiger partial charge is 0.318 e. The highest BCUT2D eigenvalue weighted by Crippen LogP contribution is 2.22. The predicted molar refractivity (Wildman–Crippen MR) is 107 cm³/mol. The van der Waals surface area contributed by atoms with Crippen molar-refractivity contribution in [1.82, 2.24) is 19.9 Å². The third-order valence-electron chi connectivity index (χ3n) is 5.21. The molecule has 8 heteroatoms. The van der Waals surface area contributed by atoms with Gasteiger partial charge < -0.3 is 19.4 Å². The van der Waals surface area contributed by atoms with Crippen LogP contribution < -0.4 is 14.5 Å². The first kappa shape index (κ1) is 18.5. The molecule has 4 rings (SSSR count). The highest BCUT2D eigenvalue weighted by atomic mass is 16.5. The molecule has 1 amide bonds. The molecule has 2 aromatic heterocycles. The van der Waals surface area contributed by atoms with Gasteiger partial charge in [-0.25, -0.2) is 9.97 Å². The third kappa shape index (κ3) is 4.00. The van der Waals surface area contributed by atoms with E-state index in [1.807, 2.05) is 42.1 Å². The number of rotatable bonds is 5. The average molecular weight is 382 g/mol. The summed E-state index contributed by atoms with van der Waals surface area (Å²) in [5.74, 6) is 1.77. The van der Waals surface area contributed by atoms with E-state index in [2.05, 4.69) is 19.9 Å². The Bertz CT molecular complexity index is 820. The van der Waals surface area contributed by atoms with E-state index in [9.17, 15) is 4.79 Å². The van der Waals surface area contributed by atoms with Crippen molar-refractivity contribution in [2.45, 2.75) is 25.4 Å². The van der Waals surface area contributed by atoms with Gasteiger partial charge in [0.25, 0.3) is 5.91 Å². The Hall–Kier alpha value is -2.90. The second-order valence-electron chi connectivity index (χ2n) is 7.47. The molecular weight excluding hydrogens is 356 g/mol. The van der Waals surface area contributed by atoms with Crippen LogP contribution >= 0.6 is 0 Å². The Kier molecular flexibility index (Phi) is 5.27. The van der Waals surface area contributed by atoms with Crippen LogP contribution in [0.25, 0.3) is 0 Å². The molecule has 2 saturated heterocycles. The van der Waals surface area contributed by atoms with E-state index in [-0.39, 0.29) is 12.0 Å². The van der Waals surface area contributed by atoms with E-state index < -0.39 is 0 Å². The molecule has 0 bridgehead atoms. The van der Waals surface area contributed by atoms with E-state index >= 15 is 0 Å². The van der Waals surface area contributed by atoms with Crippen molar-refractivity contribution in [2.24, 2.45) is 0 Å². The van der Waals surface area contributed by atoms with Gasteiger partial charge in [-0.2, -0.15) is 4.98 Å². The van der Waals surface area contributed by atoms with Gasteiger partial charge in [-0.3, -0.25) is 4.79 Å². The minimum atomic E-state index is 0.0186. The van der Waals surface area contributed by atoms with Gasteiger partial charge in [0.15, 0.2) is 0 Å². The fourth-order valence-corrected chi connectivity index (χ4v) is 3.62. The van der Waals surface area contributed by atoms with Crippen LogP contribution in [-0.2, 0) is 0 Å². The van der Waals surface area contributed by atoms with Crippen molar-refractivity contribution in [3.8, 4) is 6.01 Å². The summed E-state index contributed by atoms with van der Waals surface area (Å²) in [7, 11) is 3.88. The molecule has 148 valence electrons. The topological polar surface area (TPSA) is 74.7 Å². The summed E-state index contributed by atoms with van der Waals surface area (Å²) < 4.78 is 5.97. The number of aromatic nitrogens is 3. The first-order chi connectivity index (χ1) is 13.6. The number of anilines is 2. The summed E-state index contributed by atoms with van der Waals surface area (Å²) in [6.45, 7) is 3.28. The maximum Gasteiger partial charge on any atom is 0.318 e. The van der Waals surface area contributed by atoms with Gasteiger partial charge in [0.05, 0.1) is 12.1 Å². The third-order valence-corrected chi connectivity index (χ3v) is 5.21. The quantitative estimate of drug-likeness (QED) is 0.781. The van der Waals surface area contributed by atoms with Gasteiger partial charge in [0.1, 0.15) is 17.7 Å². The standard InChI is InChI=1S/C20H26N6O2/c1-24(2)18-7-9-21-20(23-18)28-16-8-12-26(14-16)17-6-5-15(13-22-17)19(27)25-10-3-4-11-25/h5-7,9,13,16H,3-4,8,10-12,14H2,1-2H3. The number of nitrogens with zero attached hydrogens (tertiary/aromatic N) is 6. The zero-order valence-corrected chi connectivity index (χ0v) is 16.4. The van der Waals surface area contributed by atoms with Crippen molar-refractivity contribution < 1.29 is 9.53 Å². The molecule has 0 saturated carbocycles. The van der Waals surface area contributed by atoms with Crippen LogP contribution in [-0.4, -0.2) is 72.1 Å². The first-order valence-corrected chi connectivity index (χ1v) is 9.77. The van der Waals surface area contributed by atoms with Crippen LogP contribution in [0.2, 0.25) is 0 Å². The van der Waals surface area contributed by atoms with Crippen LogP contribution in [0, 0.1) is 0 Å². The molecule has 8 nitrogen and oxygen atoms in total. The van der Waals surface area contributed by atoms with E-state index in [1.165, 1.54) is 0 Å². The number of hydrogen-bond donors (Lipinski definition) is 0. The Balaban J connectivity index is 1.36. The molecule has 2 aliphatic heterocycles. The van der Waals surface area contributed by atoms with Crippen molar-refractivity contribution in [3.05, 3.63) is 36.2 Å². The Morgan fingerprint density at radius 2 is 1.96 bits per heavy atom. The molecule has 28 heavy (non-hydrogen) atoms. The summed E-state index contributed by atoms with van der Waals surface area (Å²) in [4.78, 5) is 31.6. The maximum absolute atomic E-state index is 12.4. The van der Waals surface area contributed by atoms with Crippen LogP contribution in [0.4, 0.5) is 11.6 Å². The molecule has 0 aliphatic carbocycles. The summed E-state index contributed by atoms with van der Waals surface area (Å²) in [6.07, 6.45) is 6.48. The van der Waals surface area contributed by atoms with Gasteiger partial charge >= 0.3 is 6.01 Å². The van der Waals surface area contributed by atoms with Crippen molar-refractivity contribution in [1.29, 1.82) is 0 Å². The number of carbonyl (C=O) groups excluding carboxylic acids is 1. The zero-order chi connectivity index (χ0) is 19.5. The summed E-state index contributed by atoms with van der Waals surface area (Å²) in [6, 6.07) is 6.05. The van der Waals surface area contributed by atoms with Gasteiger partial charge in [-0.05, 0) is 31.0 Å². The Labute approximate surface area is 165 Å². The number of amides is 1. The number of carbonyl (C=O) groups is 1. The minimum absolute atomic E-state index is 0.0186. The lowest BCUT2D eigenvalue weighted by atomic mass is 10.2. The molecule has 0 radical (unpaired) electrons. The Morgan fingerprint density at radius 3 is 2.68 bits per heavy atom. The maximum atomic E-state index is 12.4. The van der Waals surface area contributed by atoms with Crippen LogP contribution in [0.5, 0.6) is 6.01 Å². The van der Waals surface area contributed by atoms with Crippen molar-refractivity contribution in [2.75, 3.05) is 50.1 Å². The van der Waals surface area contributed by atoms with E-state index in [1.54, 1.807) is 12.4 Å². The zero-order valence-electron chi connectivity index (χ0n) is 16.4. The Morgan fingerprint density at radius 1 is 1.14 bits per heavy atom. The minimum Gasteiger partial charge on any atom is -0.458 e. The highest BCUT2D eigenvalue weighted by Gasteiger charge is 2.26. The first-order valence-electron chi connectivity index (χ1n) is 9.77. The second kappa shape index (κ2) is 8.00. The highest BCUT2D eigenvalue weighted by molar-refractivity contribution is 5.94. The molecule has 2 fully saturated rings. The number of pyridine rings is 1. The lowest BCUT2D eigenvalue weighted by Crippen LogP contribution is -2.28. The number of likely N-dealkylation sites (tertiary alicyclic amines) is 1. The normalized spacial score (nSPS) is 19.1. The fraction of sp³-hybridized carbons (Fsp3) is 0.500. The molecule has 0 N–H and O–H groups in total. The molecule has 2 aliphatic rings. The molecular formula is C20H26N6O2. The van der Waals surface area contributed by atoms with Gasteiger partial charge in [0.2, 0.25) is 0 Å². The fourth-order valence-electron chi connectivity index (χ4n) is 3.62. The SMILES string of the molecule is CN(C)c1ccnc(OC2CCN(c3ccc(C(=O)N4CCCC4)cn3)C2)n1. The van der Waals surface area contributed by atoms with E-state index in [0.29, 0.717) is 11.6 Å². The predicted octanol–water partition coefficient (Wildman–Crippen LogP) is 1.83. The molecule has 1 atom stereocenters. The van der Waals surface area contributed by atoms with E-state index in [0.717, 1.165) is 57.1 Å². The van der Waals surface area contributed by atoms with E-state index in [4.69, 9.17) is 4.74 Å². The van der Waals surface area contributed by atoms with Crippen LogP contribution in [0.1, 0.15) is 29.6 Å².